The Morgan fingerprint density at radius 2 is 2.16 bits per heavy atom. The highest BCUT2D eigenvalue weighted by Crippen LogP contribution is 2.20. The lowest BCUT2D eigenvalue weighted by Crippen LogP contribution is -1.90. The summed E-state index contributed by atoms with van der Waals surface area (Å²) in [5, 5.41) is 7.41. The summed E-state index contributed by atoms with van der Waals surface area (Å²) >= 11 is 5.89. The van der Waals surface area contributed by atoms with E-state index in [9.17, 15) is 0 Å². The van der Waals surface area contributed by atoms with Crippen molar-refractivity contribution in [2.24, 2.45) is 0 Å². The molecule has 1 N–H and O–H groups in total. The second-order valence-corrected chi connectivity index (χ2v) is 4.09. The minimum absolute atomic E-state index is 0.267. The normalized spacial score (nSPS) is 10.4. The lowest BCUT2D eigenvalue weighted by molar-refractivity contribution is 0.435. The molecule has 1 aromatic carbocycles. The maximum Gasteiger partial charge on any atom is 0.326 e. The van der Waals surface area contributed by atoms with Crippen LogP contribution in [0, 0.1) is 0 Å². The first kappa shape index (κ1) is 11.6. The number of aromatic nitrogens is 4. The Bertz CT molecular complexity index is 685. The predicted molar refractivity (Wildman–Crippen MR) is 70.1 cm³/mol. The van der Waals surface area contributed by atoms with Crippen LogP contribution in [0.25, 0.3) is 11.5 Å². The van der Waals surface area contributed by atoms with Crippen molar-refractivity contribution in [2.75, 3.05) is 5.32 Å². The van der Waals surface area contributed by atoms with Gasteiger partial charge in [-0.2, -0.15) is 4.98 Å². The van der Waals surface area contributed by atoms with Gasteiger partial charge in [0.1, 0.15) is 5.69 Å². The fraction of sp³-hybridized carbons (Fsp3) is 0. The molecule has 0 saturated heterocycles. The maximum absolute atomic E-state index is 5.89. The summed E-state index contributed by atoms with van der Waals surface area (Å²) in [7, 11) is 0. The number of hydrogen-bond donors (Lipinski definition) is 1. The standard InChI is InChI=1S/C12H8ClN5O/c13-8-2-1-3-9(6-8)16-12-17-11(18-19-12)10-7-14-4-5-15-10/h1-7H,(H,16,17,18). The average Bonchev–Trinajstić information content (AvgIpc) is 2.88. The van der Waals surface area contributed by atoms with Crippen LogP contribution in [0.3, 0.4) is 0 Å². The van der Waals surface area contributed by atoms with E-state index in [0.29, 0.717) is 16.5 Å². The Balaban J connectivity index is 1.82. The van der Waals surface area contributed by atoms with Crippen LogP contribution in [0.5, 0.6) is 0 Å². The van der Waals surface area contributed by atoms with Crippen molar-refractivity contribution >= 4 is 23.3 Å². The van der Waals surface area contributed by atoms with E-state index in [1.807, 2.05) is 12.1 Å². The molecule has 0 aliphatic heterocycles. The largest absolute Gasteiger partial charge is 0.326 e. The summed E-state index contributed by atoms with van der Waals surface area (Å²) in [4.78, 5) is 12.2. The molecule has 3 aromatic rings. The molecule has 0 spiro atoms. The lowest BCUT2D eigenvalue weighted by Gasteiger charge is -1.99. The monoisotopic (exact) mass is 273 g/mol. The first-order valence-corrected chi connectivity index (χ1v) is 5.82. The van der Waals surface area contributed by atoms with Crippen LogP contribution in [0.15, 0.2) is 47.4 Å². The number of anilines is 2. The Morgan fingerprint density at radius 1 is 1.21 bits per heavy atom. The van der Waals surface area contributed by atoms with Gasteiger partial charge in [0.15, 0.2) is 0 Å². The molecule has 0 saturated carbocycles. The molecular weight excluding hydrogens is 266 g/mol. The smallest absolute Gasteiger partial charge is 0.315 e. The van der Waals surface area contributed by atoms with E-state index < -0.39 is 0 Å². The zero-order valence-corrected chi connectivity index (χ0v) is 10.4. The van der Waals surface area contributed by atoms with Crippen molar-refractivity contribution in [3.05, 3.63) is 47.9 Å². The van der Waals surface area contributed by atoms with E-state index in [-0.39, 0.29) is 6.01 Å². The topological polar surface area (TPSA) is 76.7 Å². The lowest BCUT2D eigenvalue weighted by atomic mass is 10.3. The van der Waals surface area contributed by atoms with Gasteiger partial charge in [-0.05, 0) is 18.2 Å². The van der Waals surface area contributed by atoms with Crippen LogP contribution in [-0.2, 0) is 0 Å². The molecule has 0 atom stereocenters. The van der Waals surface area contributed by atoms with Crippen LogP contribution in [0.1, 0.15) is 0 Å². The molecule has 3 rings (SSSR count). The summed E-state index contributed by atoms with van der Waals surface area (Å²) in [6, 6.07) is 7.48. The first-order valence-electron chi connectivity index (χ1n) is 5.44. The van der Waals surface area contributed by atoms with Crippen molar-refractivity contribution in [1.82, 2.24) is 20.1 Å². The Morgan fingerprint density at radius 3 is 2.95 bits per heavy atom. The zero-order chi connectivity index (χ0) is 13.1. The molecule has 0 unspecified atom stereocenters. The van der Waals surface area contributed by atoms with Crippen molar-refractivity contribution in [2.45, 2.75) is 0 Å². The van der Waals surface area contributed by atoms with Gasteiger partial charge in [-0.25, -0.2) is 4.98 Å². The number of hydrogen-bond acceptors (Lipinski definition) is 6. The number of halogens is 1. The van der Waals surface area contributed by atoms with Gasteiger partial charge in [0.2, 0.25) is 5.82 Å². The number of nitrogens with zero attached hydrogens (tertiary/aromatic N) is 4. The minimum Gasteiger partial charge on any atom is -0.315 e. The summed E-state index contributed by atoms with van der Waals surface area (Å²) in [5.74, 6) is 0.373. The third-order valence-electron chi connectivity index (χ3n) is 2.29. The molecule has 0 bridgehead atoms. The second-order valence-electron chi connectivity index (χ2n) is 3.65. The molecule has 0 radical (unpaired) electrons. The number of benzene rings is 1. The second kappa shape index (κ2) is 5.03. The van der Waals surface area contributed by atoms with Crippen LogP contribution in [0.4, 0.5) is 11.7 Å². The van der Waals surface area contributed by atoms with Gasteiger partial charge in [0.25, 0.3) is 0 Å². The van der Waals surface area contributed by atoms with Crippen molar-refractivity contribution in [3.8, 4) is 11.5 Å². The molecule has 0 amide bonds. The van der Waals surface area contributed by atoms with Crippen molar-refractivity contribution in [1.29, 1.82) is 0 Å². The zero-order valence-electron chi connectivity index (χ0n) is 9.62. The highest BCUT2D eigenvalue weighted by molar-refractivity contribution is 6.30. The molecular formula is C12H8ClN5O. The van der Waals surface area contributed by atoms with Gasteiger partial charge in [0, 0.05) is 23.1 Å². The Labute approximate surface area is 113 Å². The Kier molecular flexibility index (Phi) is 3.07. The Hall–Kier alpha value is -2.47. The van der Waals surface area contributed by atoms with Crippen LogP contribution < -0.4 is 5.32 Å². The minimum atomic E-state index is 0.267. The molecule has 0 aliphatic rings. The fourth-order valence-electron chi connectivity index (χ4n) is 1.48. The molecule has 0 aliphatic carbocycles. The third kappa shape index (κ3) is 2.69. The summed E-state index contributed by atoms with van der Waals surface area (Å²) < 4.78 is 5.08. The van der Waals surface area contributed by atoms with E-state index in [2.05, 4.69) is 25.4 Å². The van der Waals surface area contributed by atoms with Gasteiger partial charge >= 0.3 is 6.01 Å². The van der Waals surface area contributed by atoms with Crippen molar-refractivity contribution < 1.29 is 4.52 Å². The van der Waals surface area contributed by atoms with Crippen LogP contribution in [-0.4, -0.2) is 20.1 Å². The first-order chi connectivity index (χ1) is 9.31. The number of rotatable bonds is 3. The van der Waals surface area contributed by atoms with E-state index in [1.165, 1.54) is 0 Å². The van der Waals surface area contributed by atoms with Crippen molar-refractivity contribution in [3.63, 3.8) is 0 Å². The molecule has 0 fully saturated rings. The van der Waals surface area contributed by atoms with Gasteiger partial charge in [-0.15, -0.1) is 0 Å². The molecule has 2 aromatic heterocycles. The van der Waals surface area contributed by atoms with Crippen LogP contribution >= 0.6 is 11.6 Å². The summed E-state index contributed by atoms with van der Waals surface area (Å²) in [6.07, 6.45) is 4.71. The van der Waals surface area contributed by atoms with Gasteiger partial charge < -0.3 is 9.84 Å². The fourth-order valence-corrected chi connectivity index (χ4v) is 1.67. The summed E-state index contributed by atoms with van der Waals surface area (Å²) in [6.45, 7) is 0. The maximum atomic E-state index is 5.89. The van der Waals surface area contributed by atoms with Gasteiger partial charge in [0.05, 0.1) is 6.20 Å². The average molecular weight is 274 g/mol. The van der Waals surface area contributed by atoms with E-state index >= 15 is 0 Å². The van der Waals surface area contributed by atoms with E-state index in [1.54, 1.807) is 30.7 Å². The quantitative estimate of drug-likeness (QED) is 0.791. The van der Waals surface area contributed by atoms with E-state index in [0.717, 1.165) is 5.69 Å². The molecule has 94 valence electrons. The predicted octanol–water partition coefficient (Wildman–Crippen LogP) is 2.92. The highest BCUT2D eigenvalue weighted by atomic mass is 35.5. The third-order valence-corrected chi connectivity index (χ3v) is 2.53. The van der Waals surface area contributed by atoms with Gasteiger partial charge in [-0.1, -0.05) is 22.8 Å². The molecule has 7 heteroatoms. The molecule has 2 heterocycles. The SMILES string of the molecule is Clc1cccc(Nc2nc(-c3cnccn3)no2)c1. The highest BCUT2D eigenvalue weighted by Gasteiger charge is 2.09. The van der Waals surface area contributed by atoms with Crippen LogP contribution in [0.2, 0.25) is 5.02 Å². The molecule has 19 heavy (non-hydrogen) atoms. The van der Waals surface area contributed by atoms with Gasteiger partial charge in [-0.3, -0.25) is 4.98 Å². The molecule has 6 nitrogen and oxygen atoms in total. The summed E-state index contributed by atoms with van der Waals surface area (Å²) in [5.41, 5.74) is 1.31. The van der Waals surface area contributed by atoms with E-state index in [4.69, 9.17) is 16.1 Å². The number of nitrogens with one attached hydrogen (secondary N) is 1.